The Morgan fingerprint density at radius 2 is 1.74 bits per heavy atom. The number of hydrogen-bond acceptors (Lipinski definition) is 8. The van der Waals surface area contributed by atoms with Crippen molar-refractivity contribution in [2.24, 2.45) is 0 Å². The van der Waals surface area contributed by atoms with Crippen LogP contribution in [0.5, 0.6) is 0 Å². The molecule has 3 heterocycles. The quantitative estimate of drug-likeness (QED) is 0.477. The van der Waals surface area contributed by atoms with Crippen LogP contribution in [0.2, 0.25) is 4.34 Å². The number of hydrogen-bond donors (Lipinski definition) is 3. The van der Waals surface area contributed by atoms with Crippen LogP contribution in [0.3, 0.4) is 0 Å². The van der Waals surface area contributed by atoms with Gasteiger partial charge in [-0.3, -0.25) is 0 Å². The number of sulfonamides is 1. The van der Waals surface area contributed by atoms with E-state index in [0.717, 1.165) is 16.9 Å². The van der Waals surface area contributed by atoms with Gasteiger partial charge in [0, 0.05) is 19.3 Å². The first kappa shape index (κ1) is 19.5. The first-order chi connectivity index (χ1) is 12.9. The van der Waals surface area contributed by atoms with Gasteiger partial charge in [0.05, 0.1) is 4.34 Å². The van der Waals surface area contributed by atoms with Crippen molar-refractivity contribution < 1.29 is 8.42 Å². The Bertz CT molecular complexity index is 991. The Balaban J connectivity index is 1.47. The minimum atomic E-state index is -3.55. The van der Waals surface area contributed by atoms with E-state index in [-0.39, 0.29) is 10.8 Å². The molecule has 0 fully saturated rings. The summed E-state index contributed by atoms with van der Waals surface area (Å²) >= 11 is 6.78. The van der Waals surface area contributed by atoms with Crippen molar-refractivity contribution in [2.75, 3.05) is 23.7 Å². The molecule has 27 heavy (non-hydrogen) atoms. The zero-order valence-electron chi connectivity index (χ0n) is 14.3. The highest BCUT2D eigenvalue weighted by atomic mass is 35.5. The number of anilines is 3. The largest absolute Gasteiger partial charge is 0.367 e. The zero-order valence-corrected chi connectivity index (χ0v) is 16.7. The van der Waals surface area contributed by atoms with Crippen LogP contribution >= 0.6 is 22.9 Å². The third-order valence-corrected chi connectivity index (χ3v) is 6.55. The summed E-state index contributed by atoms with van der Waals surface area (Å²) in [5.74, 6) is 1.78. The van der Waals surface area contributed by atoms with Crippen LogP contribution in [-0.4, -0.2) is 36.7 Å². The molecular formula is C16H17ClN6O2S2. The molecule has 0 saturated carbocycles. The maximum absolute atomic E-state index is 12.1. The lowest BCUT2D eigenvalue weighted by molar-refractivity contribution is 0.585. The maximum atomic E-state index is 12.1. The van der Waals surface area contributed by atoms with Crippen LogP contribution in [0.1, 0.15) is 5.56 Å². The summed E-state index contributed by atoms with van der Waals surface area (Å²) in [6, 6.07) is 10.3. The van der Waals surface area contributed by atoms with Gasteiger partial charge in [-0.1, -0.05) is 17.7 Å². The van der Waals surface area contributed by atoms with Gasteiger partial charge in [0.1, 0.15) is 15.8 Å². The minimum Gasteiger partial charge on any atom is -0.367 e. The van der Waals surface area contributed by atoms with E-state index < -0.39 is 10.0 Å². The van der Waals surface area contributed by atoms with Gasteiger partial charge in [0.15, 0.2) is 5.82 Å². The average molecular weight is 425 g/mol. The lowest BCUT2D eigenvalue weighted by Crippen LogP contribution is -2.28. The Kier molecular flexibility index (Phi) is 6.22. The molecule has 0 aromatic carbocycles. The van der Waals surface area contributed by atoms with Gasteiger partial charge in [0.25, 0.3) is 0 Å². The van der Waals surface area contributed by atoms with E-state index in [1.54, 1.807) is 24.4 Å². The fraction of sp³-hybridized carbons (Fsp3) is 0.188. The molecule has 0 atom stereocenters. The van der Waals surface area contributed by atoms with Gasteiger partial charge >= 0.3 is 0 Å². The summed E-state index contributed by atoms with van der Waals surface area (Å²) in [6.07, 6.45) is 1.76. The van der Waals surface area contributed by atoms with Gasteiger partial charge in [-0.25, -0.2) is 18.1 Å². The van der Waals surface area contributed by atoms with Crippen molar-refractivity contribution in [3.8, 4) is 0 Å². The average Bonchev–Trinajstić information content (AvgIpc) is 3.09. The second kappa shape index (κ2) is 8.61. The summed E-state index contributed by atoms with van der Waals surface area (Å²) in [4.78, 5) is 4.24. The van der Waals surface area contributed by atoms with Crippen LogP contribution in [-0.2, 0) is 10.0 Å². The number of halogens is 1. The second-order valence-electron chi connectivity index (χ2n) is 5.53. The van der Waals surface area contributed by atoms with Crippen molar-refractivity contribution in [3.05, 3.63) is 52.5 Å². The number of pyridine rings is 1. The lowest BCUT2D eigenvalue weighted by Gasteiger charge is -2.08. The van der Waals surface area contributed by atoms with E-state index >= 15 is 0 Å². The molecule has 142 valence electrons. The Morgan fingerprint density at radius 1 is 1.00 bits per heavy atom. The van der Waals surface area contributed by atoms with Crippen molar-refractivity contribution in [2.45, 2.75) is 11.1 Å². The van der Waals surface area contributed by atoms with E-state index in [1.807, 2.05) is 19.1 Å². The molecule has 0 aliphatic carbocycles. The molecule has 0 unspecified atom stereocenters. The molecule has 0 amide bonds. The highest BCUT2D eigenvalue weighted by molar-refractivity contribution is 7.91. The summed E-state index contributed by atoms with van der Waals surface area (Å²) in [5, 5.41) is 14.2. The molecule has 3 rings (SSSR count). The van der Waals surface area contributed by atoms with Crippen molar-refractivity contribution in [1.29, 1.82) is 0 Å². The van der Waals surface area contributed by atoms with Crippen molar-refractivity contribution in [3.63, 3.8) is 0 Å². The van der Waals surface area contributed by atoms with E-state index in [2.05, 4.69) is 30.5 Å². The summed E-state index contributed by atoms with van der Waals surface area (Å²) in [6.45, 7) is 2.53. The van der Waals surface area contributed by atoms with Crippen LogP contribution in [0.4, 0.5) is 17.5 Å². The molecule has 0 spiro atoms. The molecule has 0 aliphatic heterocycles. The third-order valence-electron chi connectivity index (χ3n) is 3.37. The molecule has 0 radical (unpaired) electrons. The van der Waals surface area contributed by atoms with E-state index in [1.165, 1.54) is 6.07 Å². The number of aryl methyl sites for hydroxylation is 1. The second-order valence-corrected chi connectivity index (χ2v) is 9.24. The highest BCUT2D eigenvalue weighted by Gasteiger charge is 2.15. The van der Waals surface area contributed by atoms with Crippen LogP contribution < -0.4 is 15.4 Å². The normalized spacial score (nSPS) is 11.3. The van der Waals surface area contributed by atoms with Gasteiger partial charge in [-0.15, -0.1) is 21.5 Å². The third kappa shape index (κ3) is 5.60. The van der Waals surface area contributed by atoms with Crippen molar-refractivity contribution >= 4 is 50.4 Å². The Morgan fingerprint density at radius 3 is 2.37 bits per heavy atom. The maximum Gasteiger partial charge on any atom is 0.250 e. The van der Waals surface area contributed by atoms with Gasteiger partial charge in [-0.05, 0) is 42.8 Å². The first-order valence-electron chi connectivity index (χ1n) is 7.95. The lowest BCUT2D eigenvalue weighted by atomic mass is 10.3. The van der Waals surface area contributed by atoms with Crippen LogP contribution in [0.25, 0.3) is 0 Å². The molecule has 3 aromatic rings. The summed E-state index contributed by atoms with van der Waals surface area (Å²) in [5.41, 5.74) is 1.07. The van der Waals surface area contributed by atoms with Crippen molar-refractivity contribution in [1.82, 2.24) is 19.9 Å². The number of rotatable bonds is 8. The number of nitrogens with zero attached hydrogens (tertiary/aromatic N) is 3. The van der Waals surface area contributed by atoms with Gasteiger partial charge in [-0.2, -0.15) is 0 Å². The zero-order chi connectivity index (χ0) is 19.3. The Labute approximate surface area is 166 Å². The van der Waals surface area contributed by atoms with E-state index in [4.69, 9.17) is 11.6 Å². The van der Waals surface area contributed by atoms with Gasteiger partial charge in [0.2, 0.25) is 10.0 Å². The molecule has 0 saturated heterocycles. The fourth-order valence-corrected chi connectivity index (χ4v) is 4.61. The molecule has 11 heteroatoms. The smallest absolute Gasteiger partial charge is 0.250 e. The molecule has 8 nitrogen and oxygen atoms in total. The van der Waals surface area contributed by atoms with E-state index in [0.29, 0.717) is 28.3 Å². The van der Waals surface area contributed by atoms with Crippen LogP contribution in [0.15, 0.2) is 46.8 Å². The molecule has 0 bridgehead atoms. The SMILES string of the molecule is Cc1ccc(Nc2ccc(NCCNS(=O)(=O)c3ccc(Cl)s3)nn2)nc1. The summed E-state index contributed by atoms with van der Waals surface area (Å²) < 4.78 is 27.3. The number of thiophene rings is 1. The molecule has 3 N–H and O–H groups in total. The predicted molar refractivity (Wildman–Crippen MR) is 107 cm³/mol. The summed E-state index contributed by atoms with van der Waals surface area (Å²) in [7, 11) is -3.55. The molecular weight excluding hydrogens is 408 g/mol. The Hall–Kier alpha value is -2.27. The number of nitrogens with one attached hydrogen (secondary N) is 3. The van der Waals surface area contributed by atoms with Gasteiger partial charge < -0.3 is 10.6 Å². The molecule has 0 aliphatic rings. The van der Waals surface area contributed by atoms with E-state index in [9.17, 15) is 8.42 Å². The highest BCUT2D eigenvalue weighted by Crippen LogP contribution is 2.25. The predicted octanol–water partition coefficient (Wildman–Crippen LogP) is 3.03. The topological polar surface area (TPSA) is 109 Å². The fourth-order valence-electron chi connectivity index (χ4n) is 2.06. The number of aromatic nitrogens is 3. The standard InChI is InChI=1S/C16H17ClN6O2S2/c1-11-2-4-13(19-10-11)21-15-6-5-14(22-23-15)18-8-9-20-27(24,25)16-7-3-12(17)26-16/h2-7,10,20H,8-9H2,1H3,(H,18,22)(H,19,21,23). The minimum absolute atomic E-state index is 0.187. The van der Waals surface area contributed by atoms with Crippen LogP contribution in [0, 0.1) is 6.92 Å². The monoisotopic (exact) mass is 424 g/mol. The molecule has 3 aromatic heterocycles. The first-order valence-corrected chi connectivity index (χ1v) is 10.6.